The number of aryl methyl sites for hydroxylation is 1. The third-order valence-corrected chi connectivity index (χ3v) is 4.09. The molecule has 0 atom stereocenters. The molecule has 3 rings (SSSR count). The number of aromatic nitrogens is 2. The number of rotatable bonds is 4. The van der Waals surface area contributed by atoms with Crippen LogP contribution in [0.4, 0.5) is 5.82 Å². The molecule has 1 saturated carbocycles. The van der Waals surface area contributed by atoms with E-state index in [1.54, 1.807) is 0 Å². The van der Waals surface area contributed by atoms with Crippen molar-refractivity contribution in [3.8, 4) is 11.6 Å². The molecule has 4 nitrogen and oxygen atoms in total. The Morgan fingerprint density at radius 1 is 1.37 bits per heavy atom. The molecule has 2 heterocycles. The molecule has 0 bridgehead atoms. The number of anilines is 1. The van der Waals surface area contributed by atoms with Crippen LogP contribution in [0.2, 0.25) is 0 Å². The minimum Gasteiger partial charge on any atom is -0.458 e. The van der Waals surface area contributed by atoms with E-state index in [-0.39, 0.29) is 0 Å². The van der Waals surface area contributed by atoms with Gasteiger partial charge in [-0.1, -0.05) is 6.92 Å². The smallest absolute Gasteiger partial charge is 0.197 e. The summed E-state index contributed by atoms with van der Waals surface area (Å²) in [5.74, 6) is 3.74. The number of hydrogen-bond acceptors (Lipinski definition) is 4. The molecule has 0 amide bonds. The van der Waals surface area contributed by atoms with Crippen molar-refractivity contribution in [1.82, 2.24) is 9.97 Å². The zero-order valence-corrected chi connectivity index (χ0v) is 12.6. The van der Waals surface area contributed by atoms with E-state index in [0.29, 0.717) is 11.7 Å². The molecule has 0 saturated heterocycles. The van der Waals surface area contributed by atoms with Gasteiger partial charge in [0.25, 0.3) is 0 Å². The molecule has 0 aliphatic heterocycles. The Morgan fingerprint density at radius 3 is 2.74 bits per heavy atom. The second-order valence-electron chi connectivity index (χ2n) is 4.74. The van der Waals surface area contributed by atoms with E-state index >= 15 is 0 Å². The molecule has 1 N–H and O–H groups in total. The summed E-state index contributed by atoms with van der Waals surface area (Å²) in [7, 11) is 1.87. The van der Waals surface area contributed by atoms with E-state index in [0.717, 1.165) is 33.9 Å². The molecule has 1 aliphatic carbocycles. The Kier molecular flexibility index (Phi) is 3.31. The van der Waals surface area contributed by atoms with E-state index in [1.807, 2.05) is 19.2 Å². The van der Waals surface area contributed by atoms with Crippen molar-refractivity contribution in [1.29, 1.82) is 0 Å². The summed E-state index contributed by atoms with van der Waals surface area (Å²) >= 11 is 3.59. The number of halogens is 1. The van der Waals surface area contributed by atoms with Crippen LogP contribution in [-0.2, 0) is 6.42 Å². The zero-order chi connectivity index (χ0) is 13.4. The number of furan rings is 1. The molecule has 1 fully saturated rings. The first kappa shape index (κ1) is 12.7. The number of hydrogen-bond donors (Lipinski definition) is 1. The minimum atomic E-state index is 0.559. The first-order chi connectivity index (χ1) is 9.22. The minimum absolute atomic E-state index is 0.559. The highest BCUT2D eigenvalue weighted by molar-refractivity contribution is 9.10. The van der Waals surface area contributed by atoms with Crippen LogP contribution in [0.3, 0.4) is 0 Å². The highest BCUT2D eigenvalue weighted by Gasteiger charge is 2.29. The lowest BCUT2D eigenvalue weighted by Gasteiger charge is -2.09. The SMILES string of the molecule is CCc1ccc(-c2nc(NC)c(Br)c(C3CC3)n2)o1. The average molecular weight is 322 g/mol. The second kappa shape index (κ2) is 4.96. The molecule has 100 valence electrons. The molecule has 19 heavy (non-hydrogen) atoms. The van der Waals surface area contributed by atoms with E-state index in [2.05, 4.69) is 38.1 Å². The highest BCUT2D eigenvalue weighted by Crippen LogP contribution is 2.44. The summed E-state index contributed by atoms with van der Waals surface area (Å²) in [6, 6.07) is 3.93. The molecular weight excluding hydrogens is 306 g/mol. The second-order valence-corrected chi connectivity index (χ2v) is 5.53. The lowest BCUT2D eigenvalue weighted by atomic mass is 10.2. The highest BCUT2D eigenvalue weighted by atomic mass is 79.9. The van der Waals surface area contributed by atoms with E-state index < -0.39 is 0 Å². The normalized spacial score (nSPS) is 14.7. The van der Waals surface area contributed by atoms with Gasteiger partial charge in [0.2, 0.25) is 0 Å². The number of nitrogens with zero attached hydrogens (tertiary/aromatic N) is 2. The maximum Gasteiger partial charge on any atom is 0.197 e. The van der Waals surface area contributed by atoms with Crippen molar-refractivity contribution < 1.29 is 4.42 Å². The van der Waals surface area contributed by atoms with Gasteiger partial charge in [0.15, 0.2) is 11.6 Å². The third kappa shape index (κ3) is 2.39. The van der Waals surface area contributed by atoms with Crippen molar-refractivity contribution in [3.05, 3.63) is 28.1 Å². The summed E-state index contributed by atoms with van der Waals surface area (Å²) in [5, 5.41) is 3.11. The summed E-state index contributed by atoms with van der Waals surface area (Å²) in [5.41, 5.74) is 1.09. The van der Waals surface area contributed by atoms with Crippen LogP contribution in [0.15, 0.2) is 21.0 Å². The Hall–Kier alpha value is -1.36. The first-order valence-electron chi connectivity index (χ1n) is 6.57. The zero-order valence-electron chi connectivity index (χ0n) is 11.0. The van der Waals surface area contributed by atoms with Gasteiger partial charge in [-0.25, -0.2) is 9.97 Å². The lowest BCUT2D eigenvalue weighted by Crippen LogP contribution is -2.02. The molecule has 2 aromatic heterocycles. The van der Waals surface area contributed by atoms with Gasteiger partial charge in [-0.2, -0.15) is 0 Å². The summed E-state index contributed by atoms with van der Waals surface area (Å²) in [6.07, 6.45) is 3.29. The molecular formula is C14H16BrN3O. The molecule has 0 spiro atoms. The van der Waals surface area contributed by atoms with Crippen LogP contribution >= 0.6 is 15.9 Å². The monoisotopic (exact) mass is 321 g/mol. The maximum atomic E-state index is 5.75. The lowest BCUT2D eigenvalue weighted by molar-refractivity contribution is 0.525. The average Bonchev–Trinajstić information content (AvgIpc) is 3.16. The van der Waals surface area contributed by atoms with Gasteiger partial charge < -0.3 is 9.73 Å². The fourth-order valence-electron chi connectivity index (χ4n) is 2.06. The van der Waals surface area contributed by atoms with Gasteiger partial charge in [-0.3, -0.25) is 0 Å². The van der Waals surface area contributed by atoms with Crippen LogP contribution in [-0.4, -0.2) is 17.0 Å². The van der Waals surface area contributed by atoms with Crippen molar-refractivity contribution in [2.45, 2.75) is 32.1 Å². The van der Waals surface area contributed by atoms with Crippen LogP contribution in [0.1, 0.15) is 37.1 Å². The van der Waals surface area contributed by atoms with Gasteiger partial charge in [0.05, 0.1) is 10.2 Å². The van der Waals surface area contributed by atoms with Crippen LogP contribution in [0.25, 0.3) is 11.6 Å². The van der Waals surface area contributed by atoms with Crippen molar-refractivity contribution in [2.75, 3.05) is 12.4 Å². The van der Waals surface area contributed by atoms with Crippen molar-refractivity contribution in [3.63, 3.8) is 0 Å². The molecule has 2 aromatic rings. The Labute approximate surface area is 120 Å². The van der Waals surface area contributed by atoms with E-state index in [9.17, 15) is 0 Å². The Morgan fingerprint density at radius 2 is 2.16 bits per heavy atom. The van der Waals surface area contributed by atoms with Gasteiger partial charge in [0, 0.05) is 19.4 Å². The quantitative estimate of drug-likeness (QED) is 0.925. The Balaban J connectivity index is 2.07. The van der Waals surface area contributed by atoms with Gasteiger partial charge >= 0.3 is 0 Å². The fraction of sp³-hybridized carbons (Fsp3) is 0.429. The van der Waals surface area contributed by atoms with Crippen LogP contribution in [0.5, 0.6) is 0 Å². The van der Waals surface area contributed by atoms with E-state index in [1.165, 1.54) is 12.8 Å². The number of nitrogens with one attached hydrogen (secondary N) is 1. The summed E-state index contributed by atoms with van der Waals surface area (Å²) in [4.78, 5) is 9.19. The van der Waals surface area contributed by atoms with E-state index in [4.69, 9.17) is 4.42 Å². The van der Waals surface area contributed by atoms with Gasteiger partial charge in [0.1, 0.15) is 11.6 Å². The largest absolute Gasteiger partial charge is 0.458 e. The van der Waals surface area contributed by atoms with Crippen molar-refractivity contribution in [2.24, 2.45) is 0 Å². The van der Waals surface area contributed by atoms with Gasteiger partial charge in [-0.05, 0) is 40.9 Å². The van der Waals surface area contributed by atoms with Crippen molar-refractivity contribution >= 4 is 21.7 Å². The topological polar surface area (TPSA) is 51.0 Å². The predicted octanol–water partition coefficient (Wildman–Crippen LogP) is 3.98. The maximum absolute atomic E-state index is 5.75. The molecule has 1 aliphatic rings. The van der Waals surface area contributed by atoms with Crippen LogP contribution in [0, 0.1) is 0 Å². The first-order valence-corrected chi connectivity index (χ1v) is 7.36. The molecule has 0 aromatic carbocycles. The standard InChI is InChI=1S/C14H16BrN3O/c1-3-9-6-7-10(19-9)13-17-12(8-4-5-8)11(15)14(16-2)18-13/h6-8H,3-5H2,1-2H3,(H,16,17,18). The van der Waals surface area contributed by atoms with Gasteiger partial charge in [-0.15, -0.1) is 0 Å². The summed E-state index contributed by atoms with van der Waals surface area (Å²) < 4.78 is 6.72. The third-order valence-electron chi connectivity index (χ3n) is 3.31. The molecule has 0 radical (unpaired) electrons. The van der Waals surface area contributed by atoms with Crippen LogP contribution < -0.4 is 5.32 Å². The fourth-order valence-corrected chi connectivity index (χ4v) is 2.75. The summed E-state index contributed by atoms with van der Waals surface area (Å²) in [6.45, 7) is 2.07. The Bertz CT molecular complexity index is 605. The predicted molar refractivity (Wildman–Crippen MR) is 78.3 cm³/mol. The molecule has 0 unspecified atom stereocenters. The molecule has 5 heteroatoms.